The van der Waals surface area contributed by atoms with Crippen LogP contribution in [0.15, 0.2) is 48.9 Å². The molecule has 0 atom stereocenters. The van der Waals surface area contributed by atoms with Crippen LogP contribution in [-0.4, -0.2) is 9.97 Å². The first kappa shape index (κ1) is 10.1. The Balaban J connectivity index is 2.27. The van der Waals surface area contributed by atoms with E-state index < -0.39 is 0 Å². The van der Waals surface area contributed by atoms with E-state index in [9.17, 15) is 0 Å². The lowest BCUT2D eigenvalue weighted by molar-refractivity contribution is 1.05. The molecule has 0 fully saturated rings. The van der Waals surface area contributed by atoms with Crippen LogP contribution in [-0.2, 0) is 6.54 Å². The van der Waals surface area contributed by atoms with E-state index in [2.05, 4.69) is 22.1 Å². The van der Waals surface area contributed by atoms with Gasteiger partial charge < -0.3 is 10.7 Å². The first-order valence-electron chi connectivity index (χ1n) is 5.59. The highest BCUT2D eigenvalue weighted by Gasteiger charge is 2.08. The quantitative estimate of drug-likeness (QED) is 0.701. The summed E-state index contributed by atoms with van der Waals surface area (Å²) in [6, 6.07) is 10.3. The van der Waals surface area contributed by atoms with Crippen LogP contribution in [0.4, 0.5) is 0 Å². The summed E-state index contributed by atoms with van der Waals surface area (Å²) in [7, 11) is 0. The minimum absolute atomic E-state index is 0.503. The van der Waals surface area contributed by atoms with Crippen molar-refractivity contribution < 1.29 is 0 Å². The number of nitrogens with one attached hydrogen (secondary N) is 1. The Bertz CT molecular complexity index is 655. The van der Waals surface area contributed by atoms with E-state index in [0.717, 1.165) is 16.6 Å². The van der Waals surface area contributed by atoms with Crippen LogP contribution in [0.2, 0.25) is 0 Å². The van der Waals surface area contributed by atoms with Gasteiger partial charge in [-0.1, -0.05) is 18.2 Å². The highest BCUT2D eigenvalue weighted by atomic mass is 14.7. The van der Waals surface area contributed by atoms with Crippen molar-refractivity contribution in [3.63, 3.8) is 0 Å². The molecule has 1 aromatic carbocycles. The molecule has 0 saturated heterocycles. The molecule has 17 heavy (non-hydrogen) atoms. The number of aromatic nitrogens is 2. The van der Waals surface area contributed by atoms with Crippen molar-refractivity contribution >= 4 is 10.9 Å². The van der Waals surface area contributed by atoms with E-state index in [1.807, 2.05) is 30.6 Å². The largest absolute Gasteiger partial charge is 0.361 e. The molecule has 0 amide bonds. The predicted molar refractivity (Wildman–Crippen MR) is 69.4 cm³/mol. The third-order valence-corrected chi connectivity index (χ3v) is 3.00. The van der Waals surface area contributed by atoms with Gasteiger partial charge in [0.05, 0.1) is 0 Å². The van der Waals surface area contributed by atoms with E-state index >= 15 is 0 Å². The topological polar surface area (TPSA) is 54.7 Å². The van der Waals surface area contributed by atoms with E-state index in [0.29, 0.717) is 6.54 Å². The molecule has 84 valence electrons. The standard InChI is InChI=1S/C14H13N3/c15-7-10-8-16-6-5-11(10)13-9-17-14-4-2-1-3-12(13)14/h1-6,8-9,17H,7,15H2. The molecule has 0 saturated carbocycles. The van der Waals surface area contributed by atoms with E-state index in [-0.39, 0.29) is 0 Å². The maximum Gasteiger partial charge on any atom is 0.0460 e. The summed E-state index contributed by atoms with van der Waals surface area (Å²) in [5.41, 5.74) is 10.3. The van der Waals surface area contributed by atoms with Crippen molar-refractivity contribution in [3.05, 3.63) is 54.5 Å². The van der Waals surface area contributed by atoms with Gasteiger partial charge in [-0.2, -0.15) is 0 Å². The molecule has 0 spiro atoms. The second kappa shape index (κ2) is 4.03. The van der Waals surface area contributed by atoms with Crippen molar-refractivity contribution in [1.29, 1.82) is 0 Å². The van der Waals surface area contributed by atoms with Crippen LogP contribution in [0, 0.1) is 0 Å². The first-order valence-corrected chi connectivity index (χ1v) is 5.59. The fraction of sp³-hybridized carbons (Fsp3) is 0.0714. The summed E-state index contributed by atoms with van der Waals surface area (Å²) in [5, 5.41) is 1.22. The number of hydrogen-bond acceptors (Lipinski definition) is 2. The zero-order chi connectivity index (χ0) is 11.7. The molecule has 0 aliphatic rings. The second-order valence-electron chi connectivity index (χ2n) is 3.98. The number of pyridine rings is 1. The maximum absolute atomic E-state index is 5.75. The van der Waals surface area contributed by atoms with Crippen molar-refractivity contribution in [2.75, 3.05) is 0 Å². The van der Waals surface area contributed by atoms with Crippen molar-refractivity contribution in [1.82, 2.24) is 9.97 Å². The van der Waals surface area contributed by atoms with Crippen molar-refractivity contribution in [2.45, 2.75) is 6.54 Å². The summed E-state index contributed by atoms with van der Waals surface area (Å²) >= 11 is 0. The maximum atomic E-state index is 5.75. The Morgan fingerprint density at radius 1 is 1.12 bits per heavy atom. The summed E-state index contributed by atoms with van der Waals surface area (Å²) in [5.74, 6) is 0. The molecule has 3 heteroatoms. The van der Waals surface area contributed by atoms with Gasteiger partial charge in [-0.05, 0) is 23.3 Å². The van der Waals surface area contributed by atoms with Crippen LogP contribution in [0.25, 0.3) is 22.0 Å². The number of fused-ring (bicyclic) bond motifs is 1. The average Bonchev–Trinajstić information content (AvgIpc) is 2.82. The third kappa shape index (κ3) is 1.61. The Kier molecular flexibility index (Phi) is 2.38. The second-order valence-corrected chi connectivity index (χ2v) is 3.98. The number of nitrogens with two attached hydrogens (primary N) is 1. The summed E-state index contributed by atoms with van der Waals surface area (Å²) in [6.45, 7) is 0.503. The van der Waals surface area contributed by atoms with Crippen LogP contribution >= 0.6 is 0 Å². The summed E-state index contributed by atoms with van der Waals surface area (Å²) in [4.78, 5) is 7.39. The normalized spacial score (nSPS) is 10.9. The van der Waals surface area contributed by atoms with Gasteiger partial charge in [-0.15, -0.1) is 0 Å². The van der Waals surface area contributed by atoms with Gasteiger partial charge in [0.15, 0.2) is 0 Å². The molecule has 0 aliphatic heterocycles. The predicted octanol–water partition coefficient (Wildman–Crippen LogP) is 2.69. The van der Waals surface area contributed by atoms with E-state index in [1.165, 1.54) is 10.9 Å². The number of para-hydroxylation sites is 1. The molecule has 0 bridgehead atoms. The number of rotatable bonds is 2. The Labute approximate surface area is 99.3 Å². The molecule has 2 heterocycles. The molecule has 0 radical (unpaired) electrons. The van der Waals surface area contributed by atoms with Crippen molar-refractivity contribution in [3.8, 4) is 11.1 Å². The lowest BCUT2D eigenvalue weighted by Gasteiger charge is -2.05. The Morgan fingerprint density at radius 2 is 2.00 bits per heavy atom. The number of aromatic amines is 1. The molecular weight excluding hydrogens is 210 g/mol. The zero-order valence-corrected chi connectivity index (χ0v) is 9.35. The van der Waals surface area contributed by atoms with Gasteiger partial charge in [0, 0.05) is 41.6 Å². The molecule has 0 unspecified atom stereocenters. The van der Waals surface area contributed by atoms with Crippen molar-refractivity contribution in [2.24, 2.45) is 5.73 Å². The smallest absolute Gasteiger partial charge is 0.0460 e. The molecule has 3 rings (SSSR count). The lowest BCUT2D eigenvalue weighted by Crippen LogP contribution is -1.99. The molecular formula is C14H13N3. The molecule has 2 aromatic heterocycles. The minimum atomic E-state index is 0.503. The van der Waals surface area contributed by atoms with Gasteiger partial charge in [0.2, 0.25) is 0 Å². The molecule has 3 nitrogen and oxygen atoms in total. The summed E-state index contributed by atoms with van der Waals surface area (Å²) in [6.07, 6.45) is 5.66. The SMILES string of the molecule is NCc1cnccc1-c1c[nH]c2ccccc12. The minimum Gasteiger partial charge on any atom is -0.361 e. The van der Waals surface area contributed by atoms with Gasteiger partial charge in [0.1, 0.15) is 0 Å². The number of benzene rings is 1. The third-order valence-electron chi connectivity index (χ3n) is 3.00. The lowest BCUT2D eigenvalue weighted by atomic mass is 10.0. The van der Waals surface area contributed by atoms with Gasteiger partial charge >= 0.3 is 0 Å². The van der Waals surface area contributed by atoms with E-state index in [4.69, 9.17) is 5.73 Å². The van der Waals surface area contributed by atoms with Gasteiger partial charge in [-0.3, -0.25) is 4.98 Å². The fourth-order valence-corrected chi connectivity index (χ4v) is 2.15. The Hall–Kier alpha value is -2.13. The van der Waals surface area contributed by atoms with Gasteiger partial charge in [0.25, 0.3) is 0 Å². The van der Waals surface area contributed by atoms with Crippen LogP contribution in [0.1, 0.15) is 5.56 Å². The van der Waals surface area contributed by atoms with Gasteiger partial charge in [-0.25, -0.2) is 0 Å². The molecule has 3 aromatic rings. The highest BCUT2D eigenvalue weighted by molar-refractivity contribution is 5.96. The Morgan fingerprint density at radius 3 is 2.88 bits per heavy atom. The van der Waals surface area contributed by atoms with Crippen LogP contribution in [0.3, 0.4) is 0 Å². The molecule has 3 N–H and O–H groups in total. The van der Waals surface area contributed by atoms with E-state index in [1.54, 1.807) is 6.20 Å². The monoisotopic (exact) mass is 223 g/mol. The van der Waals surface area contributed by atoms with Crippen LogP contribution in [0.5, 0.6) is 0 Å². The highest BCUT2D eigenvalue weighted by Crippen LogP contribution is 2.30. The summed E-state index contributed by atoms with van der Waals surface area (Å²) < 4.78 is 0. The number of hydrogen-bond donors (Lipinski definition) is 2. The zero-order valence-electron chi connectivity index (χ0n) is 9.35. The average molecular weight is 223 g/mol. The van der Waals surface area contributed by atoms with Crippen LogP contribution < -0.4 is 5.73 Å². The molecule has 0 aliphatic carbocycles. The first-order chi connectivity index (χ1) is 8.40. The number of H-pyrrole nitrogens is 1. The fourth-order valence-electron chi connectivity index (χ4n) is 2.15. The number of nitrogens with zero attached hydrogens (tertiary/aromatic N) is 1.